The number of carbonyl (C=O) groups excluding carboxylic acids is 1. The molecule has 1 aliphatic rings. The highest BCUT2D eigenvalue weighted by Crippen LogP contribution is 2.24. The number of thiazole rings is 1. The maximum atomic E-state index is 12.4. The Bertz CT molecular complexity index is 783. The molecule has 0 radical (unpaired) electrons. The molecule has 3 heterocycles. The number of aromatic amines is 1. The summed E-state index contributed by atoms with van der Waals surface area (Å²) >= 11 is 1.40. The van der Waals surface area contributed by atoms with Gasteiger partial charge < -0.3 is 4.90 Å². The molecular weight excluding hydrogens is 336 g/mol. The molecule has 2 aromatic heterocycles. The van der Waals surface area contributed by atoms with Gasteiger partial charge in [-0.3, -0.25) is 9.89 Å². The van der Waals surface area contributed by atoms with Gasteiger partial charge in [0.1, 0.15) is 10.6 Å². The highest BCUT2D eigenvalue weighted by atomic mass is 32.2. The molecule has 1 aliphatic heterocycles. The molecule has 0 aliphatic carbocycles. The topological polar surface area (TPSA) is 96.0 Å². The minimum atomic E-state index is -3.29. The number of carbonyl (C=O) groups is 1. The Morgan fingerprint density at radius 3 is 3.04 bits per heavy atom. The molecular formula is C14H18N4O3S2. The van der Waals surface area contributed by atoms with Crippen molar-refractivity contribution in [2.24, 2.45) is 5.92 Å². The van der Waals surface area contributed by atoms with Crippen molar-refractivity contribution in [3.8, 4) is 0 Å². The van der Waals surface area contributed by atoms with Crippen molar-refractivity contribution in [1.82, 2.24) is 20.1 Å². The van der Waals surface area contributed by atoms with Crippen LogP contribution in [0.25, 0.3) is 0 Å². The van der Waals surface area contributed by atoms with Crippen LogP contribution in [0.1, 0.15) is 29.0 Å². The third kappa shape index (κ3) is 3.61. The Hall–Kier alpha value is -1.74. The second kappa shape index (κ2) is 6.40. The Balaban J connectivity index is 1.70. The lowest BCUT2D eigenvalue weighted by molar-refractivity contribution is 0.0667. The fourth-order valence-electron chi connectivity index (χ4n) is 2.95. The number of aromatic nitrogens is 3. The number of hydrogen-bond acceptors (Lipinski definition) is 6. The highest BCUT2D eigenvalue weighted by Gasteiger charge is 2.27. The number of hydrogen-bond donors (Lipinski definition) is 1. The summed E-state index contributed by atoms with van der Waals surface area (Å²) in [6, 6.07) is 0. The van der Waals surface area contributed by atoms with Crippen LogP contribution in [0.4, 0.5) is 0 Å². The number of likely N-dealkylation sites (tertiary alicyclic amines) is 1. The molecule has 9 heteroatoms. The van der Waals surface area contributed by atoms with Gasteiger partial charge >= 0.3 is 0 Å². The van der Waals surface area contributed by atoms with Crippen molar-refractivity contribution in [3.05, 3.63) is 28.5 Å². The zero-order valence-corrected chi connectivity index (χ0v) is 14.4. The van der Waals surface area contributed by atoms with E-state index in [1.54, 1.807) is 15.8 Å². The van der Waals surface area contributed by atoms with Crippen molar-refractivity contribution in [2.75, 3.05) is 19.3 Å². The van der Waals surface area contributed by atoms with Crippen LogP contribution < -0.4 is 0 Å². The second-order valence-electron chi connectivity index (χ2n) is 5.82. The summed E-state index contributed by atoms with van der Waals surface area (Å²) in [6.45, 7) is 1.33. The first-order valence-corrected chi connectivity index (χ1v) is 10.2. The molecule has 1 saturated heterocycles. The predicted molar refractivity (Wildman–Crippen MR) is 86.1 cm³/mol. The van der Waals surface area contributed by atoms with E-state index in [9.17, 15) is 13.2 Å². The van der Waals surface area contributed by atoms with Crippen molar-refractivity contribution < 1.29 is 13.2 Å². The van der Waals surface area contributed by atoms with E-state index in [0.717, 1.165) is 19.4 Å². The first-order valence-electron chi connectivity index (χ1n) is 7.35. The quantitative estimate of drug-likeness (QED) is 0.894. The molecule has 1 fully saturated rings. The van der Waals surface area contributed by atoms with Gasteiger partial charge in [0, 0.05) is 24.7 Å². The fraction of sp³-hybridized carbons (Fsp3) is 0.500. The molecule has 0 bridgehead atoms. The Labute approximate surface area is 138 Å². The van der Waals surface area contributed by atoms with E-state index in [4.69, 9.17) is 0 Å². The average Bonchev–Trinajstić information content (AvgIpc) is 3.17. The molecule has 0 spiro atoms. The van der Waals surface area contributed by atoms with Crippen molar-refractivity contribution in [1.29, 1.82) is 0 Å². The van der Waals surface area contributed by atoms with Crippen LogP contribution in [0.15, 0.2) is 22.0 Å². The summed E-state index contributed by atoms with van der Waals surface area (Å²) in [5, 5.41) is 8.40. The van der Waals surface area contributed by atoms with E-state index in [2.05, 4.69) is 15.2 Å². The predicted octanol–water partition coefficient (Wildman–Crippen LogP) is 1.36. The highest BCUT2D eigenvalue weighted by molar-refractivity contribution is 7.90. The second-order valence-corrected chi connectivity index (χ2v) is 8.53. The number of piperidine rings is 1. The number of H-pyrrole nitrogens is 1. The number of nitrogens with one attached hydrogen (secondary N) is 1. The molecule has 7 nitrogen and oxygen atoms in total. The lowest BCUT2D eigenvalue weighted by Gasteiger charge is -2.32. The summed E-state index contributed by atoms with van der Waals surface area (Å²) in [4.78, 5) is 18.5. The van der Waals surface area contributed by atoms with Gasteiger partial charge in [-0.2, -0.15) is 5.10 Å². The SMILES string of the molecule is CS(=O)(=O)c1cn[nH]c1C[C@H]1CCCN(C(=O)c2cscn2)C1. The van der Waals surface area contributed by atoms with Crippen LogP contribution >= 0.6 is 11.3 Å². The standard InChI is InChI=1S/C14H18N4O3S2/c1-23(20,21)13-6-16-17-11(13)5-10-3-2-4-18(7-10)14(19)12-8-22-9-15-12/h6,8-10H,2-5,7H2,1H3,(H,16,17)/t10-/m1/s1. The Morgan fingerprint density at radius 2 is 2.35 bits per heavy atom. The van der Waals surface area contributed by atoms with E-state index in [1.807, 2.05) is 0 Å². The Morgan fingerprint density at radius 1 is 1.52 bits per heavy atom. The van der Waals surface area contributed by atoms with E-state index in [0.29, 0.717) is 24.4 Å². The minimum absolute atomic E-state index is 0.0519. The normalized spacial score (nSPS) is 19.0. The first kappa shape index (κ1) is 16.1. The van der Waals surface area contributed by atoms with Gasteiger partial charge in [0.15, 0.2) is 9.84 Å². The molecule has 1 N–H and O–H groups in total. The Kier molecular flexibility index (Phi) is 4.49. The van der Waals surface area contributed by atoms with Crippen molar-refractivity contribution >= 4 is 27.1 Å². The maximum absolute atomic E-state index is 12.4. The third-order valence-electron chi connectivity index (χ3n) is 4.03. The molecule has 1 atom stereocenters. The molecule has 2 aromatic rings. The number of nitrogens with zero attached hydrogens (tertiary/aromatic N) is 3. The van der Waals surface area contributed by atoms with Crippen LogP contribution in [0.3, 0.4) is 0 Å². The van der Waals surface area contributed by atoms with Gasteiger partial charge in [0.2, 0.25) is 0 Å². The van der Waals surface area contributed by atoms with Crippen molar-refractivity contribution in [2.45, 2.75) is 24.2 Å². The van der Waals surface area contributed by atoms with Gasteiger partial charge in [-0.1, -0.05) is 0 Å². The van der Waals surface area contributed by atoms with Crippen LogP contribution in [-0.2, 0) is 16.3 Å². The molecule has 0 aromatic carbocycles. The van der Waals surface area contributed by atoms with Gasteiger partial charge in [0.05, 0.1) is 17.4 Å². The molecule has 23 heavy (non-hydrogen) atoms. The average molecular weight is 354 g/mol. The summed E-state index contributed by atoms with van der Waals surface area (Å²) in [7, 11) is -3.29. The van der Waals surface area contributed by atoms with Crippen LogP contribution in [0.2, 0.25) is 0 Å². The van der Waals surface area contributed by atoms with Gasteiger partial charge in [-0.15, -0.1) is 11.3 Å². The van der Waals surface area contributed by atoms with E-state index in [1.165, 1.54) is 23.8 Å². The molecule has 3 rings (SSSR count). The maximum Gasteiger partial charge on any atom is 0.273 e. The molecule has 124 valence electrons. The third-order valence-corrected chi connectivity index (χ3v) is 5.77. The summed E-state index contributed by atoms with van der Waals surface area (Å²) in [5.74, 6) is 0.163. The van der Waals surface area contributed by atoms with Crippen LogP contribution in [-0.4, -0.2) is 53.8 Å². The number of amides is 1. The number of rotatable bonds is 4. The summed E-state index contributed by atoms with van der Waals surface area (Å²) in [5.41, 5.74) is 2.76. The van der Waals surface area contributed by atoms with Gasteiger partial charge in [-0.05, 0) is 25.2 Å². The van der Waals surface area contributed by atoms with E-state index < -0.39 is 9.84 Å². The molecule has 1 amide bonds. The van der Waals surface area contributed by atoms with Crippen molar-refractivity contribution in [3.63, 3.8) is 0 Å². The zero-order valence-electron chi connectivity index (χ0n) is 12.7. The fourth-order valence-corrected chi connectivity index (χ4v) is 4.30. The van der Waals surface area contributed by atoms with E-state index in [-0.39, 0.29) is 16.7 Å². The van der Waals surface area contributed by atoms with Crippen LogP contribution in [0, 0.1) is 5.92 Å². The largest absolute Gasteiger partial charge is 0.337 e. The monoisotopic (exact) mass is 354 g/mol. The molecule has 0 unspecified atom stereocenters. The smallest absolute Gasteiger partial charge is 0.273 e. The van der Waals surface area contributed by atoms with Gasteiger partial charge in [0.25, 0.3) is 5.91 Å². The van der Waals surface area contributed by atoms with Gasteiger partial charge in [-0.25, -0.2) is 13.4 Å². The summed E-state index contributed by atoms with van der Waals surface area (Å²) < 4.78 is 23.5. The lowest BCUT2D eigenvalue weighted by Crippen LogP contribution is -2.40. The minimum Gasteiger partial charge on any atom is -0.337 e. The summed E-state index contributed by atoms with van der Waals surface area (Å²) in [6.07, 6.45) is 4.97. The lowest BCUT2D eigenvalue weighted by atomic mass is 9.93. The van der Waals surface area contributed by atoms with E-state index >= 15 is 0 Å². The number of sulfone groups is 1. The molecule has 0 saturated carbocycles. The first-order chi connectivity index (χ1) is 10.9. The van der Waals surface area contributed by atoms with Crippen LogP contribution in [0.5, 0.6) is 0 Å². The zero-order chi connectivity index (χ0) is 16.4.